The molecule has 1 aromatic heterocycles. The summed E-state index contributed by atoms with van der Waals surface area (Å²) in [4.78, 5) is 14.2. The standard InChI is InChI=1S/C11H7FNO/c12-10-7-11-9(2-1-4-13-11)6-8(10)3-5-14/h1-2,4,6-7H,3H2. The van der Waals surface area contributed by atoms with Crippen molar-refractivity contribution in [2.75, 3.05) is 0 Å². The molecule has 0 aliphatic rings. The van der Waals surface area contributed by atoms with E-state index in [0.717, 1.165) is 5.39 Å². The van der Waals surface area contributed by atoms with Crippen LogP contribution in [0.15, 0.2) is 30.5 Å². The van der Waals surface area contributed by atoms with Crippen LogP contribution in [-0.4, -0.2) is 11.3 Å². The third-order valence-corrected chi connectivity index (χ3v) is 2.03. The monoisotopic (exact) mass is 188 g/mol. The van der Waals surface area contributed by atoms with E-state index in [0.29, 0.717) is 11.1 Å². The first-order valence-corrected chi connectivity index (χ1v) is 4.19. The minimum Gasteiger partial charge on any atom is -0.291 e. The average molecular weight is 188 g/mol. The van der Waals surface area contributed by atoms with Gasteiger partial charge in [-0.2, -0.15) is 0 Å². The summed E-state index contributed by atoms with van der Waals surface area (Å²) in [5, 5.41) is 0.833. The second-order valence-electron chi connectivity index (χ2n) is 2.96. The second kappa shape index (κ2) is 3.54. The molecular weight excluding hydrogens is 181 g/mol. The molecule has 2 nitrogen and oxygen atoms in total. The van der Waals surface area contributed by atoms with Crippen LogP contribution in [0.2, 0.25) is 0 Å². The van der Waals surface area contributed by atoms with Crippen LogP contribution in [0.5, 0.6) is 0 Å². The van der Waals surface area contributed by atoms with Crippen molar-refractivity contribution in [3.63, 3.8) is 0 Å². The van der Waals surface area contributed by atoms with Crippen LogP contribution < -0.4 is 0 Å². The molecule has 2 aromatic rings. The number of aromatic nitrogens is 1. The van der Waals surface area contributed by atoms with E-state index in [1.165, 1.54) is 6.07 Å². The van der Waals surface area contributed by atoms with Crippen molar-refractivity contribution in [3.05, 3.63) is 41.8 Å². The van der Waals surface area contributed by atoms with Crippen molar-refractivity contribution >= 4 is 17.2 Å². The Labute approximate surface area is 80.4 Å². The number of benzene rings is 1. The summed E-state index contributed by atoms with van der Waals surface area (Å²) in [6, 6.07) is 6.56. The van der Waals surface area contributed by atoms with Crippen molar-refractivity contribution in [1.82, 2.24) is 4.98 Å². The van der Waals surface area contributed by atoms with Gasteiger partial charge in [-0.15, -0.1) is 0 Å². The highest BCUT2D eigenvalue weighted by molar-refractivity contribution is 5.79. The molecule has 0 spiro atoms. The van der Waals surface area contributed by atoms with Crippen molar-refractivity contribution in [3.8, 4) is 0 Å². The summed E-state index contributed by atoms with van der Waals surface area (Å²) in [6.45, 7) is 0. The maximum Gasteiger partial charge on any atom is 0.203 e. The minimum absolute atomic E-state index is 0.0172. The van der Waals surface area contributed by atoms with Gasteiger partial charge in [0.2, 0.25) is 6.29 Å². The van der Waals surface area contributed by atoms with Crippen molar-refractivity contribution in [1.29, 1.82) is 0 Å². The first-order chi connectivity index (χ1) is 6.81. The SMILES string of the molecule is O=[C]Cc1cc2cccnc2cc1F. The Hall–Kier alpha value is -1.77. The second-order valence-corrected chi connectivity index (χ2v) is 2.96. The molecule has 2 rings (SSSR count). The number of hydrogen-bond acceptors (Lipinski definition) is 2. The van der Waals surface area contributed by atoms with E-state index in [2.05, 4.69) is 4.98 Å². The van der Waals surface area contributed by atoms with E-state index in [9.17, 15) is 9.18 Å². The average Bonchev–Trinajstić information content (AvgIpc) is 2.19. The molecule has 0 amide bonds. The van der Waals surface area contributed by atoms with Crippen LogP contribution in [0.4, 0.5) is 4.39 Å². The Bertz CT molecular complexity index is 482. The maximum absolute atomic E-state index is 13.3. The van der Waals surface area contributed by atoms with Gasteiger partial charge in [0.25, 0.3) is 0 Å². The molecule has 0 N–H and O–H groups in total. The number of rotatable bonds is 2. The van der Waals surface area contributed by atoms with E-state index in [1.54, 1.807) is 24.6 Å². The fourth-order valence-corrected chi connectivity index (χ4v) is 1.36. The molecule has 69 valence electrons. The Morgan fingerprint density at radius 3 is 3.07 bits per heavy atom. The lowest BCUT2D eigenvalue weighted by atomic mass is 10.1. The van der Waals surface area contributed by atoms with E-state index in [4.69, 9.17) is 0 Å². The number of hydrogen-bond donors (Lipinski definition) is 0. The molecule has 0 unspecified atom stereocenters. The van der Waals surface area contributed by atoms with Crippen LogP contribution in [0.1, 0.15) is 5.56 Å². The number of pyridine rings is 1. The lowest BCUT2D eigenvalue weighted by Crippen LogP contribution is -1.92. The normalized spacial score (nSPS) is 10.4. The summed E-state index contributed by atoms with van der Waals surface area (Å²) >= 11 is 0. The molecule has 0 saturated heterocycles. The van der Waals surface area contributed by atoms with Crippen LogP contribution in [0, 0.1) is 5.82 Å². The summed E-state index contributed by atoms with van der Waals surface area (Å²) < 4.78 is 13.3. The zero-order chi connectivity index (χ0) is 9.97. The van der Waals surface area contributed by atoms with E-state index < -0.39 is 5.82 Å². The van der Waals surface area contributed by atoms with Crippen LogP contribution in [-0.2, 0) is 11.2 Å². The van der Waals surface area contributed by atoms with Gasteiger partial charge in [-0.25, -0.2) is 4.39 Å². The van der Waals surface area contributed by atoms with Gasteiger partial charge < -0.3 is 0 Å². The number of halogens is 1. The molecule has 0 aliphatic heterocycles. The first-order valence-electron chi connectivity index (χ1n) is 4.19. The van der Waals surface area contributed by atoms with Crippen molar-refractivity contribution < 1.29 is 9.18 Å². The van der Waals surface area contributed by atoms with Gasteiger partial charge in [0, 0.05) is 24.1 Å². The largest absolute Gasteiger partial charge is 0.291 e. The predicted molar refractivity (Wildman–Crippen MR) is 51.1 cm³/mol. The van der Waals surface area contributed by atoms with Crippen LogP contribution in [0.25, 0.3) is 10.9 Å². The summed E-state index contributed by atoms with van der Waals surface area (Å²) in [7, 11) is 0. The third kappa shape index (κ3) is 1.48. The van der Waals surface area contributed by atoms with E-state index in [-0.39, 0.29) is 6.42 Å². The van der Waals surface area contributed by atoms with Gasteiger partial charge in [0.05, 0.1) is 5.52 Å². The van der Waals surface area contributed by atoms with Gasteiger partial charge >= 0.3 is 0 Å². The molecule has 1 radical (unpaired) electrons. The maximum atomic E-state index is 13.3. The predicted octanol–water partition coefficient (Wildman–Crippen LogP) is 2.03. The molecule has 1 aromatic carbocycles. The number of nitrogens with zero attached hydrogens (tertiary/aromatic N) is 1. The smallest absolute Gasteiger partial charge is 0.203 e. The fourth-order valence-electron chi connectivity index (χ4n) is 1.36. The molecule has 0 atom stereocenters. The van der Waals surface area contributed by atoms with Gasteiger partial charge in [-0.3, -0.25) is 9.78 Å². The van der Waals surface area contributed by atoms with Crippen molar-refractivity contribution in [2.24, 2.45) is 0 Å². The zero-order valence-corrected chi connectivity index (χ0v) is 7.33. The number of carbonyl (C=O) groups excluding carboxylic acids is 1. The minimum atomic E-state index is -0.403. The topological polar surface area (TPSA) is 30.0 Å². The van der Waals surface area contributed by atoms with E-state index >= 15 is 0 Å². The van der Waals surface area contributed by atoms with E-state index in [1.807, 2.05) is 6.07 Å². The first kappa shape index (κ1) is 8.81. The van der Waals surface area contributed by atoms with Gasteiger partial charge in [-0.05, 0) is 17.7 Å². The molecule has 0 fully saturated rings. The van der Waals surface area contributed by atoms with Gasteiger partial charge in [0.15, 0.2) is 0 Å². The van der Waals surface area contributed by atoms with Gasteiger partial charge in [0.1, 0.15) is 5.82 Å². The Morgan fingerprint density at radius 1 is 1.43 bits per heavy atom. The lowest BCUT2D eigenvalue weighted by molar-refractivity contribution is 0.552. The van der Waals surface area contributed by atoms with Crippen LogP contribution >= 0.6 is 0 Å². The Morgan fingerprint density at radius 2 is 2.29 bits per heavy atom. The molecule has 14 heavy (non-hydrogen) atoms. The van der Waals surface area contributed by atoms with Gasteiger partial charge in [-0.1, -0.05) is 6.07 Å². The molecule has 0 aliphatic carbocycles. The number of fused-ring (bicyclic) bond motifs is 1. The summed E-state index contributed by atoms with van der Waals surface area (Å²) in [6.07, 6.45) is 3.27. The molecule has 1 heterocycles. The summed E-state index contributed by atoms with van der Waals surface area (Å²) in [5.41, 5.74) is 0.958. The highest BCUT2D eigenvalue weighted by Gasteiger charge is 2.04. The Balaban J connectivity index is 2.64. The lowest BCUT2D eigenvalue weighted by Gasteiger charge is -2.01. The Kier molecular flexibility index (Phi) is 2.23. The molecule has 3 heteroatoms. The molecule has 0 bridgehead atoms. The highest BCUT2D eigenvalue weighted by Crippen LogP contribution is 2.17. The zero-order valence-electron chi connectivity index (χ0n) is 7.33. The van der Waals surface area contributed by atoms with Crippen LogP contribution in [0.3, 0.4) is 0 Å². The van der Waals surface area contributed by atoms with Crippen molar-refractivity contribution in [2.45, 2.75) is 6.42 Å². The highest BCUT2D eigenvalue weighted by atomic mass is 19.1. The molecule has 0 saturated carbocycles. The molecular formula is C11H7FNO. The quantitative estimate of drug-likeness (QED) is 0.721. The fraction of sp³-hybridized carbons (Fsp3) is 0.0909. The third-order valence-electron chi connectivity index (χ3n) is 2.03. The summed E-state index contributed by atoms with van der Waals surface area (Å²) in [5.74, 6) is -0.403.